The lowest BCUT2D eigenvalue weighted by molar-refractivity contribution is 0.365. The Morgan fingerprint density at radius 3 is 2.85 bits per heavy atom. The van der Waals surface area contributed by atoms with E-state index in [4.69, 9.17) is 10.7 Å². The Labute approximate surface area is 127 Å². The van der Waals surface area contributed by atoms with Crippen molar-refractivity contribution in [1.82, 2.24) is 4.98 Å². The molecular weight excluding hydrogens is 264 g/mol. The van der Waals surface area contributed by atoms with Crippen LogP contribution in [0.5, 0.6) is 0 Å². The lowest BCUT2D eigenvalue weighted by Gasteiger charge is -2.25. The van der Waals surface area contributed by atoms with E-state index in [2.05, 4.69) is 6.92 Å². The lowest BCUT2D eigenvalue weighted by atomic mass is 9.90. The molecular formula is C17H28N2S. The molecule has 0 radical (unpaired) electrons. The quantitative estimate of drug-likeness (QED) is 0.830. The van der Waals surface area contributed by atoms with Gasteiger partial charge in [0, 0.05) is 4.88 Å². The molecule has 0 aromatic carbocycles. The number of fused-ring (bicyclic) bond motifs is 1. The van der Waals surface area contributed by atoms with E-state index < -0.39 is 0 Å². The first-order chi connectivity index (χ1) is 9.71. The first-order valence-electron chi connectivity index (χ1n) is 8.49. The van der Waals surface area contributed by atoms with Gasteiger partial charge in [-0.05, 0) is 50.9 Å². The molecule has 2 aliphatic rings. The summed E-state index contributed by atoms with van der Waals surface area (Å²) in [5.74, 6) is 0.903. The number of rotatable bonds is 3. The van der Waals surface area contributed by atoms with Crippen molar-refractivity contribution in [2.45, 2.75) is 83.1 Å². The van der Waals surface area contributed by atoms with Crippen molar-refractivity contribution in [2.75, 3.05) is 0 Å². The van der Waals surface area contributed by atoms with Gasteiger partial charge in [-0.3, -0.25) is 0 Å². The Kier molecular flexibility index (Phi) is 4.46. The largest absolute Gasteiger partial charge is 0.319 e. The van der Waals surface area contributed by atoms with Crippen LogP contribution in [0.15, 0.2) is 0 Å². The Morgan fingerprint density at radius 1 is 1.20 bits per heavy atom. The summed E-state index contributed by atoms with van der Waals surface area (Å²) >= 11 is 1.93. The van der Waals surface area contributed by atoms with Crippen molar-refractivity contribution in [2.24, 2.45) is 11.7 Å². The number of aryl methyl sites for hydroxylation is 2. The van der Waals surface area contributed by atoms with Crippen molar-refractivity contribution in [3.05, 3.63) is 15.6 Å². The van der Waals surface area contributed by atoms with E-state index in [1.54, 1.807) is 0 Å². The van der Waals surface area contributed by atoms with Gasteiger partial charge in [-0.1, -0.05) is 32.6 Å². The van der Waals surface area contributed by atoms with Crippen molar-refractivity contribution >= 4 is 11.3 Å². The van der Waals surface area contributed by atoms with E-state index in [9.17, 15) is 0 Å². The Hall–Kier alpha value is -0.410. The molecule has 1 aromatic rings. The van der Waals surface area contributed by atoms with E-state index >= 15 is 0 Å². The number of hydrogen-bond donors (Lipinski definition) is 1. The highest BCUT2D eigenvalue weighted by Gasteiger charge is 2.34. The number of nitrogens with two attached hydrogens (primary N) is 1. The predicted octanol–water partition coefficient (Wildman–Crippen LogP) is 4.56. The molecule has 1 saturated carbocycles. The van der Waals surface area contributed by atoms with Gasteiger partial charge in [0.25, 0.3) is 0 Å². The first-order valence-corrected chi connectivity index (χ1v) is 9.31. The van der Waals surface area contributed by atoms with Gasteiger partial charge in [0.05, 0.1) is 11.2 Å². The van der Waals surface area contributed by atoms with Gasteiger partial charge in [-0.25, -0.2) is 4.98 Å². The van der Waals surface area contributed by atoms with Crippen molar-refractivity contribution in [3.63, 3.8) is 0 Å². The molecule has 0 aliphatic heterocycles. The lowest BCUT2D eigenvalue weighted by Crippen LogP contribution is -2.36. The molecule has 0 bridgehead atoms. The summed E-state index contributed by atoms with van der Waals surface area (Å²) in [7, 11) is 0. The van der Waals surface area contributed by atoms with E-state index in [1.807, 2.05) is 11.3 Å². The van der Waals surface area contributed by atoms with Crippen molar-refractivity contribution in [1.29, 1.82) is 0 Å². The minimum Gasteiger partial charge on any atom is -0.319 e. The molecule has 1 fully saturated rings. The van der Waals surface area contributed by atoms with Crippen LogP contribution in [-0.2, 0) is 18.4 Å². The highest BCUT2D eigenvalue weighted by atomic mass is 32.1. The van der Waals surface area contributed by atoms with Gasteiger partial charge in [0.2, 0.25) is 0 Å². The van der Waals surface area contributed by atoms with Crippen LogP contribution in [-0.4, -0.2) is 4.98 Å². The third-order valence-corrected chi connectivity index (χ3v) is 6.58. The summed E-state index contributed by atoms with van der Waals surface area (Å²) in [4.78, 5) is 6.49. The zero-order valence-corrected chi connectivity index (χ0v) is 13.6. The SMILES string of the molecule is CCCC1CCCC(N)(c2nc3c(s2)CCCC3)CC1. The van der Waals surface area contributed by atoms with Crippen LogP contribution in [0, 0.1) is 5.92 Å². The zero-order chi connectivity index (χ0) is 14.0. The second-order valence-electron chi connectivity index (χ2n) is 6.84. The van der Waals surface area contributed by atoms with Gasteiger partial charge in [-0.2, -0.15) is 0 Å². The molecule has 0 amide bonds. The Morgan fingerprint density at radius 2 is 2.05 bits per heavy atom. The average Bonchev–Trinajstić information content (AvgIpc) is 2.81. The molecule has 20 heavy (non-hydrogen) atoms. The van der Waals surface area contributed by atoms with Crippen LogP contribution in [0.3, 0.4) is 0 Å². The molecule has 2 nitrogen and oxygen atoms in total. The van der Waals surface area contributed by atoms with Crippen LogP contribution in [0.4, 0.5) is 0 Å². The molecule has 112 valence electrons. The summed E-state index contributed by atoms with van der Waals surface area (Å²) in [6.07, 6.45) is 14.0. The van der Waals surface area contributed by atoms with E-state index in [0.29, 0.717) is 0 Å². The normalized spacial score (nSPS) is 30.8. The molecule has 2 unspecified atom stereocenters. The molecule has 2 atom stereocenters. The minimum absolute atomic E-state index is 0.121. The van der Waals surface area contributed by atoms with Crippen LogP contribution in [0.25, 0.3) is 0 Å². The highest BCUT2D eigenvalue weighted by Crippen LogP contribution is 2.40. The van der Waals surface area contributed by atoms with Gasteiger partial charge in [0.15, 0.2) is 0 Å². The van der Waals surface area contributed by atoms with Gasteiger partial charge in [0.1, 0.15) is 5.01 Å². The summed E-state index contributed by atoms with van der Waals surface area (Å²) < 4.78 is 0. The molecule has 0 spiro atoms. The van der Waals surface area contributed by atoms with E-state index in [0.717, 1.165) is 18.8 Å². The second kappa shape index (κ2) is 6.15. The zero-order valence-electron chi connectivity index (χ0n) is 12.8. The van der Waals surface area contributed by atoms with Gasteiger partial charge < -0.3 is 5.73 Å². The molecule has 0 saturated heterocycles. The van der Waals surface area contributed by atoms with Crippen LogP contribution < -0.4 is 5.73 Å². The van der Waals surface area contributed by atoms with E-state index in [-0.39, 0.29) is 5.54 Å². The Balaban J connectivity index is 1.76. The first kappa shape index (κ1) is 14.5. The Bertz CT molecular complexity index is 430. The van der Waals surface area contributed by atoms with Gasteiger partial charge in [-0.15, -0.1) is 11.3 Å². The summed E-state index contributed by atoms with van der Waals surface area (Å²) in [6, 6.07) is 0. The maximum atomic E-state index is 6.80. The summed E-state index contributed by atoms with van der Waals surface area (Å²) in [5, 5.41) is 1.25. The smallest absolute Gasteiger partial charge is 0.113 e. The maximum Gasteiger partial charge on any atom is 0.113 e. The van der Waals surface area contributed by atoms with Crippen LogP contribution >= 0.6 is 11.3 Å². The number of aromatic nitrogens is 1. The molecule has 3 rings (SSSR count). The van der Waals surface area contributed by atoms with Crippen LogP contribution in [0.2, 0.25) is 0 Å². The topological polar surface area (TPSA) is 38.9 Å². The minimum atomic E-state index is -0.121. The molecule has 1 heterocycles. The predicted molar refractivity (Wildman–Crippen MR) is 86.1 cm³/mol. The summed E-state index contributed by atoms with van der Waals surface area (Å²) in [5.41, 5.74) is 8.05. The fourth-order valence-corrected chi connectivity index (χ4v) is 5.22. The molecule has 3 heteroatoms. The highest BCUT2D eigenvalue weighted by molar-refractivity contribution is 7.11. The fraction of sp³-hybridized carbons (Fsp3) is 0.824. The van der Waals surface area contributed by atoms with Crippen LogP contribution in [0.1, 0.15) is 80.3 Å². The second-order valence-corrected chi connectivity index (χ2v) is 7.92. The van der Waals surface area contributed by atoms with Gasteiger partial charge >= 0.3 is 0 Å². The number of thiazole rings is 1. The van der Waals surface area contributed by atoms with Crippen molar-refractivity contribution < 1.29 is 0 Å². The monoisotopic (exact) mass is 292 g/mol. The molecule has 2 aliphatic carbocycles. The average molecular weight is 292 g/mol. The number of hydrogen-bond acceptors (Lipinski definition) is 3. The third kappa shape index (κ3) is 2.94. The molecule has 1 aromatic heterocycles. The third-order valence-electron chi connectivity index (χ3n) is 5.20. The van der Waals surface area contributed by atoms with Crippen molar-refractivity contribution in [3.8, 4) is 0 Å². The maximum absolute atomic E-state index is 6.80. The fourth-order valence-electron chi connectivity index (χ4n) is 3.91. The molecule has 2 N–H and O–H groups in total. The number of nitrogens with zero attached hydrogens (tertiary/aromatic N) is 1. The van der Waals surface area contributed by atoms with E-state index in [1.165, 1.54) is 73.4 Å². The summed E-state index contributed by atoms with van der Waals surface area (Å²) in [6.45, 7) is 2.30. The standard InChI is InChI=1S/C17H28N2S/c1-2-6-13-7-5-11-17(18,12-10-13)16-19-14-8-3-4-9-15(14)20-16/h13H,2-12,18H2,1H3.